The summed E-state index contributed by atoms with van der Waals surface area (Å²) in [4.78, 5) is 30.5. The number of amides is 1. The molecular weight excluding hydrogens is 382 g/mol. The van der Waals surface area contributed by atoms with E-state index in [1.54, 1.807) is 18.1 Å². The summed E-state index contributed by atoms with van der Waals surface area (Å²) in [6.07, 6.45) is 5.04. The van der Waals surface area contributed by atoms with E-state index in [0.29, 0.717) is 35.3 Å². The van der Waals surface area contributed by atoms with Gasteiger partial charge in [0.05, 0.1) is 6.20 Å². The van der Waals surface area contributed by atoms with Crippen molar-refractivity contribution in [2.24, 2.45) is 0 Å². The molecule has 4 heterocycles. The van der Waals surface area contributed by atoms with Gasteiger partial charge in [-0.3, -0.25) is 4.79 Å². The smallest absolute Gasteiger partial charge is 0.263 e. The van der Waals surface area contributed by atoms with Crippen LogP contribution in [-0.2, 0) is 0 Å². The van der Waals surface area contributed by atoms with Crippen molar-refractivity contribution in [2.75, 3.05) is 35.3 Å². The van der Waals surface area contributed by atoms with E-state index in [-0.39, 0.29) is 17.7 Å². The van der Waals surface area contributed by atoms with E-state index >= 15 is 0 Å². The number of rotatable bonds is 3. The van der Waals surface area contributed by atoms with Crippen LogP contribution in [0.4, 0.5) is 17.5 Å². The van der Waals surface area contributed by atoms with Crippen LogP contribution in [0.3, 0.4) is 0 Å². The Balaban J connectivity index is 1.57. The Morgan fingerprint density at radius 1 is 1.30 bits per heavy atom. The molecule has 1 atom stereocenters. The van der Waals surface area contributed by atoms with Crippen molar-refractivity contribution in [3.8, 4) is 17.5 Å². The number of oxazole rings is 1. The summed E-state index contributed by atoms with van der Waals surface area (Å²) >= 11 is 0. The molecule has 0 radical (unpaired) electrons. The molecule has 1 N–H and O–H groups in total. The van der Waals surface area contributed by atoms with Crippen molar-refractivity contribution in [2.45, 2.75) is 18.9 Å². The van der Waals surface area contributed by atoms with E-state index < -0.39 is 0 Å². The molecule has 2 aliphatic rings. The molecule has 3 aromatic rings. The Bertz CT molecular complexity index is 1170. The predicted octanol–water partition coefficient (Wildman–Crippen LogP) is 2.67. The molecule has 9 heteroatoms. The molecule has 0 aliphatic carbocycles. The standard InChI is InChI=1S/C21H19N7O2/c1-23-21-25-11-17-18(26-21)27-7-3-6-15(27)12-28(20(17)29)14-5-2-4-13(8-14)19-24-10-16(9-22)30-19/h2,4-5,8,10-11,15H,3,6-7,12H2,1H3,(H,23,25,26)/t15-/m0/s1. The van der Waals surface area contributed by atoms with Gasteiger partial charge in [0.15, 0.2) is 0 Å². The zero-order chi connectivity index (χ0) is 20.7. The number of carbonyl (C=O) groups excluding carboxylic acids is 1. The van der Waals surface area contributed by atoms with Gasteiger partial charge in [-0.2, -0.15) is 10.2 Å². The molecule has 2 aliphatic heterocycles. The first-order valence-corrected chi connectivity index (χ1v) is 9.77. The largest absolute Gasteiger partial charge is 0.426 e. The van der Waals surface area contributed by atoms with Crippen LogP contribution in [0.25, 0.3) is 11.5 Å². The Morgan fingerprint density at radius 3 is 3.00 bits per heavy atom. The van der Waals surface area contributed by atoms with E-state index in [4.69, 9.17) is 9.68 Å². The lowest BCUT2D eigenvalue weighted by Crippen LogP contribution is -2.39. The lowest BCUT2D eigenvalue weighted by molar-refractivity contribution is 0.0988. The number of carbonyl (C=O) groups is 1. The monoisotopic (exact) mass is 401 g/mol. The number of nitrogens with zero attached hydrogens (tertiary/aromatic N) is 6. The Labute approximate surface area is 173 Å². The molecule has 1 amide bonds. The van der Waals surface area contributed by atoms with Gasteiger partial charge in [-0.05, 0) is 31.0 Å². The fourth-order valence-electron chi connectivity index (χ4n) is 4.10. The van der Waals surface area contributed by atoms with Crippen molar-refractivity contribution < 1.29 is 9.21 Å². The minimum Gasteiger partial charge on any atom is -0.426 e. The fraction of sp³-hybridized carbons (Fsp3) is 0.286. The van der Waals surface area contributed by atoms with Crippen molar-refractivity contribution in [1.82, 2.24) is 15.0 Å². The molecule has 0 bridgehead atoms. The molecule has 0 saturated carbocycles. The van der Waals surface area contributed by atoms with Crippen LogP contribution in [0.5, 0.6) is 0 Å². The Kier molecular flexibility index (Phi) is 4.32. The number of hydrogen-bond donors (Lipinski definition) is 1. The van der Waals surface area contributed by atoms with Crippen LogP contribution in [0.1, 0.15) is 29.0 Å². The first-order chi connectivity index (χ1) is 14.7. The normalized spacial score (nSPS) is 17.9. The second-order valence-electron chi connectivity index (χ2n) is 7.28. The Morgan fingerprint density at radius 2 is 2.20 bits per heavy atom. The van der Waals surface area contributed by atoms with Gasteiger partial charge in [-0.1, -0.05) is 6.07 Å². The maximum absolute atomic E-state index is 13.5. The maximum Gasteiger partial charge on any atom is 0.263 e. The minimum atomic E-state index is -0.135. The summed E-state index contributed by atoms with van der Waals surface area (Å²) in [5.74, 6) is 1.55. The third-order valence-corrected chi connectivity index (χ3v) is 5.53. The zero-order valence-corrected chi connectivity index (χ0v) is 16.4. The maximum atomic E-state index is 13.5. The Hall–Kier alpha value is -3.93. The third kappa shape index (κ3) is 2.93. The highest BCUT2D eigenvalue weighted by molar-refractivity contribution is 6.10. The molecule has 5 rings (SSSR count). The van der Waals surface area contributed by atoms with Crippen molar-refractivity contribution in [3.05, 3.63) is 48.0 Å². The predicted molar refractivity (Wildman–Crippen MR) is 110 cm³/mol. The van der Waals surface area contributed by atoms with Crippen LogP contribution < -0.4 is 15.1 Å². The lowest BCUT2D eigenvalue weighted by atomic mass is 10.1. The lowest BCUT2D eigenvalue weighted by Gasteiger charge is -2.27. The topological polar surface area (TPSA) is 111 Å². The van der Waals surface area contributed by atoms with Crippen LogP contribution in [0, 0.1) is 11.3 Å². The second kappa shape index (κ2) is 7.15. The van der Waals surface area contributed by atoms with Crippen molar-refractivity contribution >= 4 is 23.4 Å². The first-order valence-electron chi connectivity index (χ1n) is 9.77. The van der Waals surface area contributed by atoms with Gasteiger partial charge in [0, 0.05) is 43.6 Å². The first kappa shape index (κ1) is 18.1. The molecule has 30 heavy (non-hydrogen) atoms. The molecule has 0 unspecified atom stereocenters. The molecule has 1 fully saturated rings. The third-order valence-electron chi connectivity index (χ3n) is 5.53. The molecule has 150 valence electrons. The summed E-state index contributed by atoms with van der Waals surface area (Å²) in [7, 11) is 1.76. The van der Waals surface area contributed by atoms with Gasteiger partial charge >= 0.3 is 0 Å². The van der Waals surface area contributed by atoms with E-state index in [9.17, 15) is 4.79 Å². The average Bonchev–Trinajstić information content (AvgIpc) is 3.44. The van der Waals surface area contributed by atoms with E-state index in [2.05, 4.69) is 25.2 Å². The highest BCUT2D eigenvalue weighted by atomic mass is 16.4. The van der Waals surface area contributed by atoms with Gasteiger partial charge in [0.2, 0.25) is 17.6 Å². The highest BCUT2D eigenvalue weighted by Gasteiger charge is 2.37. The van der Waals surface area contributed by atoms with Gasteiger partial charge in [-0.15, -0.1) is 0 Å². The van der Waals surface area contributed by atoms with Gasteiger partial charge in [0.25, 0.3) is 5.91 Å². The second-order valence-corrected chi connectivity index (χ2v) is 7.28. The van der Waals surface area contributed by atoms with Crippen LogP contribution in [-0.4, -0.2) is 47.0 Å². The average molecular weight is 401 g/mol. The van der Waals surface area contributed by atoms with E-state index in [1.165, 1.54) is 6.20 Å². The summed E-state index contributed by atoms with van der Waals surface area (Å²) in [6.45, 7) is 1.43. The SMILES string of the molecule is CNc1ncc2c(n1)N1CCC[C@H]1CN(c1cccc(-c3ncc(C#N)o3)c1)C2=O. The summed E-state index contributed by atoms with van der Waals surface area (Å²) in [5, 5.41) is 11.9. The molecule has 1 aromatic carbocycles. The van der Waals surface area contributed by atoms with Gasteiger partial charge < -0.3 is 19.5 Å². The summed E-state index contributed by atoms with van der Waals surface area (Å²) < 4.78 is 5.45. The van der Waals surface area contributed by atoms with Crippen LogP contribution in [0.2, 0.25) is 0 Å². The highest BCUT2D eigenvalue weighted by Crippen LogP contribution is 2.35. The summed E-state index contributed by atoms with van der Waals surface area (Å²) in [6, 6.07) is 9.57. The van der Waals surface area contributed by atoms with Crippen molar-refractivity contribution in [3.63, 3.8) is 0 Å². The van der Waals surface area contributed by atoms with Crippen LogP contribution in [0.15, 0.2) is 41.1 Å². The van der Waals surface area contributed by atoms with Crippen LogP contribution >= 0.6 is 0 Å². The van der Waals surface area contributed by atoms with E-state index in [0.717, 1.165) is 25.1 Å². The molecule has 2 aromatic heterocycles. The number of hydrogen-bond acceptors (Lipinski definition) is 8. The number of anilines is 3. The molecular formula is C21H19N7O2. The number of benzene rings is 1. The minimum absolute atomic E-state index is 0.135. The molecule has 1 saturated heterocycles. The van der Waals surface area contributed by atoms with Gasteiger partial charge in [-0.25, -0.2) is 9.97 Å². The summed E-state index contributed by atoms with van der Waals surface area (Å²) in [5.41, 5.74) is 1.94. The van der Waals surface area contributed by atoms with E-state index in [1.807, 2.05) is 30.3 Å². The fourth-order valence-corrected chi connectivity index (χ4v) is 4.10. The number of aromatic nitrogens is 3. The van der Waals surface area contributed by atoms with Crippen molar-refractivity contribution in [1.29, 1.82) is 5.26 Å². The van der Waals surface area contributed by atoms with Gasteiger partial charge in [0.1, 0.15) is 17.5 Å². The number of nitriles is 1. The molecule has 9 nitrogen and oxygen atoms in total. The number of fused-ring (bicyclic) bond motifs is 3. The quantitative estimate of drug-likeness (QED) is 0.713. The zero-order valence-electron chi connectivity index (χ0n) is 16.4. The molecule has 0 spiro atoms. The number of nitrogens with one attached hydrogen (secondary N) is 1.